The van der Waals surface area contributed by atoms with Crippen LogP contribution in [-0.2, 0) is 9.53 Å². The molecule has 0 rings (SSSR count). The van der Waals surface area contributed by atoms with E-state index in [1.807, 2.05) is 0 Å². The lowest BCUT2D eigenvalue weighted by molar-refractivity contribution is -0.143. The molecule has 96 valence electrons. The van der Waals surface area contributed by atoms with Crippen LogP contribution in [0.2, 0.25) is 0 Å². The molecular weight excluding hydrogens is 200 g/mol. The molecule has 0 aromatic carbocycles. The van der Waals surface area contributed by atoms with E-state index < -0.39 is 0 Å². The summed E-state index contributed by atoms with van der Waals surface area (Å²) in [6.07, 6.45) is 7.22. The lowest BCUT2D eigenvalue weighted by Gasteiger charge is -2.17. The first-order valence-electron chi connectivity index (χ1n) is 6.61. The van der Waals surface area contributed by atoms with E-state index in [0.717, 1.165) is 25.7 Å². The lowest BCUT2D eigenvalue weighted by Crippen LogP contribution is -2.06. The molecule has 0 bridgehead atoms. The highest BCUT2D eigenvalue weighted by Crippen LogP contribution is 2.22. The molecular formula is C14H28O2. The number of hydrogen-bond donors (Lipinski definition) is 0. The smallest absolute Gasteiger partial charge is 0.305 e. The highest BCUT2D eigenvalue weighted by atomic mass is 16.5. The average Bonchev–Trinajstić information content (AvgIpc) is 2.16. The normalized spacial score (nSPS) is 11.5. The second kappa shape index (κ2) is 8.60. The fraction of sp³-hybridized carbons (Fsp3) is 0.929. The van der Waals surface area contributed by atoms with E-state index in [-0.39, 0.29) is 5.97 Å². The van der Waals surface area contributed by atoms with E-state index >= 15 is 0 Å². The molecule has 0 saturated heterocycles. The molecule has 16 heavy (non-hydrogen) atoms. The third-order valence-electron chi connectivity index (χ3n) is 2.57. The van der Waals surface area contributed by atoms with Crippen molar-refractivity contribution >= 4 is 5.97 Å². The summed E-state index contributed by atoms with van der Waals surface area (Å²) in [5.74, 6) is -0.0239. The first-order valence-corrected chi connectivity index (χ1v) is 6.61. The summed E-state index contributed by atoms with van der Waals surface area (Å²) in [6, 6.07) is 0. The van der Waals surface area contributed by atoms with Crippen LogP contribution >= 0.6 is 0 Å². The maximum absolute atomic E-state index is 11.3. The van der Waals surface area contributed by atoms with Crippen molar-refractivity contribution in [1.82, 2.24) is 0 Å². The molecule has 0 aliphatic heterocycles. The van der Waals surface area contributed by atoms with Gasteiger partial charge in [0.2, 0.25) is 0 Å². The fourth-order valence-corrected chi connectivity index (χ4v) is 1.50. The van der Waals surface area contributed by atoms with Crippen LogP contribution in [0.5, 0.6) is 0 Å². The molecule has 0 aliphatic carbocycles. The number of esters is 1. The minimum absolute atomic E-state index is 0.0239. The lowest BCUT2D eigenvalue weighted by atomic mass is 9.89. The van der Waals surface area contributed by atoms with E-state index in [0.29, 0.717) is 18.4 Å². The van der Waals surface area contributed by atoms with Crippen molar-refractivity contribution in [3.63, 3.8) is 0 Å². The second-order valence-electron chi connectivity index (χ2n) is 5.70. The molecule has 0 N–H and O–H groups in total. The topological polar surface area (TPSA) is 26.3 Å². The van der Waals surface area contributed by atoms with Gasteiger partial charge in [-0.25, -0.2) is 0 Å². The van der Waals surface area contributed by atoms with Gasteiger partial charge in [0.25, 0.3) is 0 Å². The van der Waals surface area contributed by atoms with Gasteiger partial charge in [-0.15, -0.1) is 0 Å². The van der Waals surface area contributed by atoms with Gasteiger partial charge in [0, 0.05) is 6.42 Å². The van der Waals surface area contributed by atoms with Gasteiger partial charge in [-0.2, -0.15) is 0 Å². The summed E-state index contributed by atoms with van der Waals surface area (Å²) in [6.45, 7) is 9.46. The Bertz CT molecular complexity index is 180. The quantitative estimate of drug-likeness (QED) is 0.456. The van der Waals surface area contributed by atoms with Gasteiger partial charge >= 0.3 is 5.97 Å². The number of carbonyl (C=O) groups is 1. The average molecular weight is 228 g/mol. The number of ether oxygens (including phenoxy) is 1. The SMILES string of the molecule is CCCCOC(=O)CCCCCC(C)(C)C. The highest BCUT2D eigenvalue weighted by molar-refractivity contribution is 5.69. The Morgan fingerprint density at radius 1 is 1.06 bits per heavy atom. The second-order valence-corrected chi connectivity index (χ2v) is 5.70. The Kier molecular flexibility index (Phi) is 8.32. The summed E-state index contributed by atoms with van der Waals surface area (Å²) in [5.41, 5.74) is 0.418. The van der Waals surface area contributed by atoms with Crippen LogP contribution in [0.3, 0.4) is 0 Å². The van der Waals surface area contributed by atoms with Gasteiger partial charge in [-0.1, -0.05) is 47.0 Å². The summed E-state index contributed by atoms with van der Waals surface area (Å²) in [7, 11) is 0. The van der Waals surface area contributed by atoms with Crippen molar-refractivity contribution in [3.05, 3.63) is 0 Å². The van der Waals surface area contributed by atoms with Crippen molar-refractivity contribution in [3.8, 4) is 0 Å². The monoisotopic (exact) mass is 228 g/mol. The molecule has 0 aromatic heterocycles. The number of unbranched alkanes of at least 4 members (excludes halogenated alkanes) is 3. The molecule has 2 nitrogen and oxygen atoms in total. The number of carbonyl (C=O) groups excluding carboxylic acids is 1. The molecule has 0 aromatic rings. The third kappa shape index (κ3) is 11.5. The van der Waals surface area contributed by atoms with E-state index in [9.17, 15) is 4.79 Å². The van der Waals surface area contributed by atoms with Crippen molar-refractivity contribution < 1.29 is 9.53 Å². The maximum atomic E-state index is 11.3. The zero-order valence-corrected chi connectivity index (χ0v) is 11.5. The number of hydrogen-bond acceptors (Lipinski definition) is 2. The molecule has 0 heterocycles. The molecule has 0 radical (unpaired) electrons. The van der Waals surface area contributed by atoms with Gasteiger partial charge < -0.3 is 4.74 Å². The van der Waals surface area contributed by atoms with Crippen LogP contribution in [0.1, 0.15) is 72.6 Å². The zero-order chi connectivity index (χ0) is 12.4. The predicted molar refractivity (Wildman–Crippen MR) is 68.4 cm³/mol. The zero-order valence-electron chi connectivity index (χ0n) is 11.5. The first kappa shape index (κ1) is 15.5. The van der Waals surface area contributed by atoms with Gasteiger partial charge in [-0.05, 0) is 24.7 Å². The summed E-state index contributed by atoms with van der Waals surface area (Å²) in [5, 5.41) is 0. The molecule has 0 aliphatic rings. The Morgan fingerprint density at radius 3 is 2.31 bits per heavy atom. The maximum Gasteiger partial charge on any atom is 0.305 e. The predicted octanol–water partition coefficient (Wildman–Crippen LogP) is 4.33. The van der Waals surface area contributed by atoms with Crippen LogP contribution in [0, 0.1) is 5.41 Å². The van der Waals surface area contributed by atoms with Crippen LogP contribution < -0.4 is 0 Å². The van der Waals surface area contributed by atoms with Gasteiger partial charge in [0.05, 0.1) is 6.61 Å². The standard InChI is InChI=1S/C14H28O2/c1-5-6-12-16-13(15)10-8-7-9-11-14(2,3)4/h5-12H2,1-4H3. The van der Waals surface area contributed by atoms with Crippen molar-refractivity contribution in [1.29, 1.82) is 0 Å². The van der Waals surface area contributed by atoms with Crippen LogP contribution in [-0.4, -0.2) is 12.6 Å². The minimum atomic E-state index is -0.0239. The van der Waals surface area contributed by atoms with Crippen LogP contribution in [0.15, 0.2) is 0 Å². The Morgan fingerprint density at radius 2 is 1.75 bits per heavy atom. The molecule has 0 amide bonds. The molecule has 0 spiro atoms. The fourth-order valence-electron chi connectivity index (χ4n) is 1.50. The summed E-state index contributed by atoms with van der Waals surface area (Å²) in [4.78, 5) is 11.3. The number of rotatable bonds is 8. The van der Waals surface area contributed by atoms with E-state index in [1.165, 1.54) is 12.8 Å². The third-order valence-corrected chi connectivity index (χ3v) is 2.57. The Hall–Kier alpha value is -0.530. The van der Waals surface area contributed by atoms with Crippen molar-refractivity contribution in [2.45, 2.75) is 72.6 Å². The van der Waals surface area contributed by atoms with Gasteiger partial charge in [0.1, 0.15) is 0 Å². The molecule has 0 atom stereocenters. The Labute approximate surface area is 101 Å². The van der Waals surface area contributed by atoms with E-state index in [2.05, 4.69) is 27.7 Å². The summed E-state index contributed by atoms with van der Waals surface area (Å²) < 4.78 is 5.09. The van der Waals surface area contributed by atoms with Crippen LogP contribution in [0.25, 0.3) is 0 Å². The largest absolute Gasteiger partial charge is 0.466 e. The van der Waals surface area contributed by atoms with Crippen molar-refractivity contribution in [2.24, 2.45) is 5.41 Å². The molecule has 0 saturated carbocycles. The molecule has 0 unspecified atom stereocenters. The van der Waals surface area contributed by atoms with Crippen molar-refractivity contribution in [2.75, 3.05) is 6.61 Å². The van der Waals surface area contributed by atoms with E-state index in [1.54, 1.807) is 0 Å². The van der Waals surface area contributed by atoms with Crippen LogP contribution in [0.4, 0.5) is 0 Å². The van der Waals surface area contributed by atoms with Gasteiger partial charge in [-0.3, -0.25) is 4.79 Å². The van der Waals surface area contributed by atoms with Gasteiger partial charge in [0.15, 0.2) is 0 Å². The Balaban J connectivity index is 3.28. The first-order chi connectivity index (χ1) is 7.45. The molecule has 0 fully saturated rings. The van der Waals surface area contributed by atoms with E-state index in [4.69, 9.17) is 4.74 Å². The summed E-state index contributed by atoms with van der Waals surface area (Å²) >= 11 is 0. The molecule has 2 heteroatoms. The minimum Gasteiger partial charge on any atom is -0.466 e. The highest BCUT2D eigenvalue weighted by Gasteiger charge is 2.09.